The van der Waals surface area contributed by atoms with Crippen LogP contribution in [0.1, 0.15) is 53.0 Å². The summed E-state index contributed by atoms with van der Waals surface area (Å²) in [5.41, 5.74) is 0.252. The molecule has 2 heterocycles. The SMILES string of the molecule is CC(C)(C(=O)Nc1ccc2c(c1)C(=O)N(C1CCC(=O)NC1=O)C2=O)c1ccccc1Cl. The Morgan fingerprint density at radius 1 is 1.06 bits per heavy atom. The van der Waals surface area contributed by atoms with Crippen LogP contribution in [0, 0.1) is 0 Å². The fourth-order valence-corrected chi connectivity index (χ4v) is 4.30. The third-order valence-electron chi connectivity index (χ3n) is 5.81. The zero-order valence-corrected chi connectivity index (χ0v) is 18.2. The number of halogens is 1. The third-order valence-corrected chi connectivity index (χ3v) is 6.14. The molecule has 9 heteroatoms. The molecular formula is C23H20ClN3O5. The lowest BCUT2D eigenvalue weighted by molar-refractivity contribution is -0.136. The molecule has 2 aromatic carbocycles. The zero-order chi connectivity index (χ0) is 23.2. The van der Waals surface area contributed by atoms with Crippen LogP contribution in [0.15, 0.2) is 42.5 Å². The molecule has 2 aliphatic heterocycles. The van der Waals surface area contributed by atoms with Gasteiger partial charge >= 0.3 is 0 Å². The number of carbonyl (C=O) groups excluding carboxylic acids is 5. The molecular weight excluding hydrogens is 434 g/mol. The van der Waals surface area contributed by atoms with Crippen LogP contribution < -0.4 is 10.6 Å². The number of piperidine rings is 1. The molecule has 1 saturated heterocycles. The number of carbonyl (C=O) groups is 5. The number of benzene rings is 2. The van der Waals surface area contributed by atoms with Gasteiger partial charge in [-0.1, -0.05) is 29.8 Å². The number of hydrogen-bond donors (Lipinski definition) is 2. The number of imide groups is 2. The first-order chi connectivity index (χ1) is 15.1. The third kappa shape index (κ3) is 3.56. The molecule has 0 aromatic heterocycles. The van der Waals surface area contributed by atoms with Crippen molar-refractivity contribution in [3.8, 4) is 0 Å². The molecule has 4 rings (SSSR count). The molecule has 8 nitrogen and oxygen atoms in total. The maximum Gasteiger partial charge on any atom is 0.262 e. The Bertz CT molecular complexity index is 1190. The van der Waals surface area contributed by atoms with Crippen molar-refractivity contribution in [3.05, 3.63) is 64.2 Å². The number of nitrogens with zero attached hydrogens (tertiary/aromatic N) is 1. The number of anilines is 1. The van der Waals surface area contributed by atoms with Crippen LogP contribution in [0.2, 0.25) is 5.02 Å². The molecule has 0 radical (unpaired) electrons. The Labute approximate surface area is 188 Å². The van der Waals surface area contributed by atoms with Crippen LogP contribution in [0.4, 0.5) is 5.69 Å². The molecule has 0 spiro atoms. The van der Waals surface area contributed by atoms with Crippen LogP contribution in [-0.2, 0) is 19.8 Å². The summed E-state index contributed by atoms with van der Waals surface area (Å²) in [6.07, 6.45) is 0.119. The van der Waals surface area contributed by atoms with Crippen LogP contribution >= 0.6 is 11.6 Å². The first-order valence-electron chi connectivity index (χ1n) is 10.0. The van der Waals surface area contributed by atoms with Gasteiger partial charge in [0, 0.05) is 17.1 Å². The Hall–Kier alpha value is -3.52. The number of nitrogens with one attached hydrogen (secondary N) is 2. The van der Waals surface area contributed by atoms with E-state index in [1.165, 1.54) is 18.2 Å². The average Bonchev–Trinajstić information content (AvgIpc) is 2.98. The summed E-state index contributed by atoms with van der Waals surface area (Å²) < 4.78 is 0. The molecule has 2 aromatic rings. The summed E-state index contributed by atoms with van der Waals surface area (Å²) in [7, 11) is 0. The summed E-state index contributed by atoms with van der Waals surface area (Å²) in [5, 5.41) is 5.40. The number of fused-ring (bicyclic) bond motifs is 1. The van der Waals surface area contributed by atoms with Gasteiger partial charge in [0.2, 0.25) is 17.7 Å². The summed E-state index contributed by atoms with van der Waals surface area (Å²) in [6, 6.07) is 10.4. The topological polar surface area (TPSA) is 113 Å². The molecule has 32 heavy (non-hydrogen) atoms. The minimum atomic E-state index is -1.04. The highest BCUT2D eigenvalue weighted by atomic mass is 35.5. The normalized spacial score (nSPS) is 18.5. The minimum absolute atomic E-state index is 0.0439. The predicted molar refractivity (Wildman–Crippen MR) is 116 cm³/mol. The highest BCUT2D eigenvalue weighted by molar-refractivity contribution is 6.32. The van der Waals surface area contributed by atoms with Gasteiger partial charge < -0.3 is 5.32 Å². The summed E-state index contributed by atoms with van der Waals surface area (Å²) >= 11 is 6.26. The molecule has 0 saturated carbocycles. The van der Waals surface area contributed by atoms with Gasteiger partial charge in [-0.05, 0) is 50.1 Å². The van der Waals surface area contributed by atoms with E-state index in [1.54, 1.807) is 38.1 Å². The second-order valence-corrected chi connectivity index (χ2v) is 8.67. The Morgan fingerprint density at radius 3 is 2.44 bits per heavy atom. The molecule has 2 N–H and O–H groups in total. The van der Waals surface area contributed by atoms with E-state index in [0.29, 0.717) is 16.3 Å². The average molecular weight is 454 g/mol. The van der Waals surface area contributed by atoms with E-state index in [0.717, 1.165) is 4.90 Å². The van der Waals surface area contributed by atoms with Crippen LogP contribution in [0.25, 0.3) is 0 Å². The highest BCUT2D eigenvalue weighted by Crippen LogP contribution is 2.33. The Balaban J connectivity index is 1.58. The first kappa shape index (κ1) is 21.7. The van der Waals surface area contributed by atoms with Crippen LogP contribution in [0.3, 0.4) is 0 Å². The Morgan fingerprint density at radius 2 is 1.75 bits per heavy atom. The maximum absolute atomic E-state index is 13.0. The molecule has 1 fully saturated rings. The van der Waals surface area contributed by atoms with Gasteiger partial charge in [0.15, 0.2) is 0 Å². The lowest BCUT2D eigenvalue weighted by atomic mass is 9.83. The van der Waals surface area contributed by atoms with Gasteiger partial charge in [-0.2, -0.15) is 0 Å². The van der Waals surface area contributed by atoms with Crippen molar-refractivity contribution in [2.75, 3.05) is 5.32 Å². The van der Waals surface area contributed by atoms with Crippen LogP contribution in [-0.4, -0.2) is 40.5 Å². The van der Waals surface area contributed by atoms with Crippen molar-refractivity contribution in [1.82, 2.24) is 10.2 Å². The maximum atomic E-state index is 13.0. The summed E-state index contributed by atoms with van der Waals surface area (Å²) in [6.45, 7) is 3.46. The van der Waals surface area contributed by atoms with Crippen molar-refractivity contribution < 1.29 is 24.0 Å². The van der Waals surface area contributed by atoms with E-state index < -0.39 is 35.1 Å². The van der Waals surface area contributed by atoms with E-state index in [2.05, 4.69) is 10.6 Å². The lowest BCUT2D eigenvalue weighted by Crippen LogP contribution is -2.54. The van der Waals surface area contributed by atoms with E-state index in [1.807, 2.05) is 0 Å². The van der Waals surface area contributed by atoms with Crippen molar-refractivity contribution in [1.29, 1.82) is 0 Å². The zero-order valence-electron chi connectivity index (χ0n) is 17.4. The first-order valence-corrected chi connectivity index (χ1v) is 10.4. The van der Waals surface area contributed by atoms with E-state index in [4.69, 9.17) is 11.6 Å². The van der Waals surface area contributed by atoms with Crippen molar-refractivity contribution >= 4 is 46.8 Å². The van der Waals surface area contributed by atoms with Gasteiger partial charge in [-0.3, -0.25) is 34.2 Å². The summed E-state index contributed by atoms with van der Waals surface area (Å²) in [4.78, 5) is 63.2. The van der Waals surface area contributed by atoms with E-state index in [-0.39, 0.29) is 29.9 Å². The van der Waals surface area contributed by atoms with Crippen molar-refractivity contribution in [3.63, 3.8) is 0 Å². The quantitative estimate of drug-likeness (QED) is 0.691. The standard InChI is InChI=1S/C23H20ClN3O5/c1-23(2,15-5-3-4-6-16(15)24)22(32)25-12-7-8-13-14(11-12)21(31)27(20(13)30)17-9-10-18(28)26-19(17)29/h3-8,11,17H,9-10H2,1-2H3,(H,25,32)(H,26,28,29). The lowest BCUT2D eigenvalue weighted by Gasteiger charge is -2.27. The van der Waals surface area contributed by atoms with Gasteiger partial charge in [-0.15, -0.1) is 0 Å². The number of amides is 5. The molecule has 164 valence electrons. The molecule has 0 aliphatic carbocycles. The second-order valence-electron chi connectivity index (χ2n) is 8.27. The largest absolute Gasteiger partial charge is 0.325 e. The van der Waals surface area contributed by atoms with Crippen LogP contribution in [0.5, 0.6) is 0 Å². The van der Waals surface area contributed by atoms with Gasteiger partial charge in [0.05, 0.1) is 16.5 Å². The summed E-state index contributed by atoms with van der Waals surface area (Å²) in [5.74, 6) is -2.70. The monoisotopic (exact) mass is 453 g/mol. The number of hydrogen-bond acceptors (Lipinski definition) is 5. The van der Waals surface area contributed by atoms with E-state index >= 15 is 0 Å². The molecule has 0 bridgehead atoms. The molecule has 1 unspecified atom stereocenters. The van der Waals surface area contributed by atoms with E-state index in [9.17, 15) is 24.0 Å². The van der Waals surface area contributed by atoms with Gasteiger partial charge in [0.25, 0.3) is 11.8 Å². The van der Waals surface area contributed by atoms with Crippen molar-refractivity contribution in [2.45, 2.75) is 38.1 Å². The molecule has 5 amide bonds. The second kappa shape index (κ2) is 7.87. The predicted octanol–water partition coefficient (Wildman–Crippen LogP) is 2.66. The fraction of sp³-hybridized carbons (Fsp3) is 0.261. The van der Waals surface area contributed by atoms with Crippen molar-refractivity contribution in [2.24, 2.45) is 0 Å². The Kier molecular flexibility index (Phi) is 5.34. The highest BCUT2D eigenvalue weighted by Gasteiger charge is 2.44. The smallest absolute Gasteiger partial charge is 0.262 e. The molecule has 1 atom stereocenters. The minimum Gasteiger partial charge on any atom is -0.325 e. The molecule has 2 aliphatic rings. The van der Waals surface area contributed by atoms with Gasteiger partial charge in [-0.25, -0.2) is 0 Å². The number of rotatable bonds is 4. The fourth-order valence-electron chi connectivity index (χ4n) is 3.93. The van der Waals surface area contributed by atoms with Gasteiger partial charge in [0.1, 0.15) is 6.04 Å².